The highest BCUT2D eigenvalue weighted by Gasteiger charge is 2.16. The fraction of sp³-hybridized carbons (Fsp3) is 0.130. The second kappa shape index (κ2) is 10.1. The van der Waals surface area contributed by atoms with Crippen LogP contribution >= 0.6 is 34.7 Å². The molecule has 0 spiro atoms. The number of nitrogens with one attached hydrogen (secondary N) is 1. The van der Waals surface area contributed by atoms with E-state index in [0.717, 1.165) is 16.8 Å². The number of benzene rings is 2. The lowest BCUT2D eigenvalue weighted by molar-refractivity contribution is -0.113. The Morgan fingerprint density at radius 2 is 1.88 bits per heavy atom. The molecule has 4 rings (SSSR count). The number of carbonyl (C=O) groups excluding carboxylic acids is 1. The molecule has 0 radical (unpaired) electrons. The number of carbonyl (C=O) groups is 1. The van der Waals surface area contributed by atoms with Gasteiger partial charge in [-0.1, -0.05) is 59.3 Å². The van der Waals surface area contributed by atoms with E-state index in [1.54, 1.807) is 6.08 Å². The number of allylic oxidation sites excluding steroid dienone is 1. The van der Waals surface area contributed by atoms with Crippen molar-refractivity contribution < 1.29 is 4.79 Å². The number of halogens is 1. The number of aryl methyl sites for hydroxylation is 1. The first-order valence-electron chi connectivity index (χ1n) is 9.79. The zero-order valence-electron chi connectivity index (χ0n) is 17.3. The summed E-state index contributed by atoms with van der Waals surface area (Å²) in [5.41, 5.74) is 3.95. The molecule has 2 heterocycles. The number of aromatic nitrogens is 4. The summed E-state index contributed by atoms with van der Waals surface area (Å²) < 4.78 is 1.92. The van der Waals surface area contributed by atoms with Crippen molar-refractivity contribution >= 4 is 45.7 Å². The molecular formula is C23H20ClN5OS2. The van der Waals surface area contributed by atoms with E-state index < -0.39 is 0 Å². The van der Waals surface area contributed by atoms with E-state index in [0.29, 0.717) is 27.7 Å². The number of nitrogens with zero attached hydrogens (tertiary/aromatic N) is 4. The summed E-state index contributed by atoms with van der Waals surface area (Å²) in [6.07, 6.45) is 1.77. The molecule has 0 fully saturated rings. The van der Waals surface area contributed by atoms with Gasteiger partial charge in [0, 0.05) is 28.1 Å². The number of hydrogen-bond acceptors (Lipinski definition) is 6. The molecule has 32 heavy (non-hydrogen) atoms. The summed E-state index contributed by atoms with van der Waals surface area (Å²) in [4.78, 5) is 17.0. The van der Waals surface area contributed by atoms with Crippen LogP contribution in [0.25, 0.3) is 22.6 Å². The van der Waals surface area contributed by atoms with E-state index >= 15 is 0 Å². The normalized spacial score (nSPS) is 10.8. The molecule has 2 aromatic carbocycles. The lowest BCUT2D eigenvalue weighted by Gasteiger charge is -2.07. The zero-order valence-corrected chi connectivity index (χ0v) is 19.7. The van der Waals surface area contributed by atoms with Gasteiger partial charge in [-0.2, -0.15) is 0 Å². The number of anilines is 1. The first-order chi connectivity index (χ1) is 15.5. The summed E-state index contributed by atoms with van der Waals surface area (Å²) in [6, 6.07) is 15.5. The van der Waals surface area contributed by atoms with Gasteiger partial charge >= 0.3 is 0 Å². The van der Waals surface area contributed by atoms with Crippen molar-refractivity contribution in [3.8, 4) is 22.6 Å². The van der Waals surface area contributed by atoms with E-state index in [1.807, 2.05) is 65.4 Å². The van der Waals surface area contributed by atoms with Gasteiger partial charge in [0.15, 0.2) is 16.1 Å². The van der Waals surface area contributed by atoms with Crippen LogP contribution < -0.4 is 5.32 Å². The fourth-order valence-corrected chi connectivity index (χ4v) is 4.58. The molecular weight excluding hydrogens is 462 g/mol. The monoisotopic (exact) mass is 481 g/mol. The summed E-state index contributed by atoms with van der Waals surface area (Å²) >= 11 is 8.71. The largest absolute Gasteiger partial charge is 0.301 e. The van der Waals surface area contributed by atoms with E-state index in [-0.39, 0.29) is 11.7 Å². The molecule has 0 unspecified atom stereocenters. The molecule has 9 heteroatoms. The lowest BCUT2D eigenvalue weighted by atomic mass is 10.1. The average molecular weight is 482 g/mol. The van der Waals surface area contributed by atoms with Gasteiger partial charge in [0.2, 0.25) is 5.91 Å². The van der Waals surface area contributed by atoms with E-state index in [2.05, 4.69) is 27.1 Å². The maximum absolute atomic E-state index is 12.5. The average Bonchev–Trinajstić information content (AvgIpc) is 3.41. The minimum absolute atomic E-state index is 0.152. The third-order valence-corrected chi connectivity index (χ3v) is 6.54. The summed E-state index contributed by atoms with van der Waals surface area (Å²) in [6.45, 7) is 6.39. The van der Waals surface area contributed by atoms with Crippen LogP contribution in [0.2, 0.25) is 5.02 Å². The number of thiazole rings is 1. The summed E-state index contributed by atoms with van der Waals surface area (Å²) in [5.74, 6) is 0.739. The topological polar surface area (TPSA) is 72.7 Å². The van der Waals surface area contributed by atoms with Gasteiger partial charge in [-0.15, -0.1) is 28.1 Å². The Morgan fingerprint density at radius 3 is 2.59 bits per heavy atom. The van der Waals surface area contributed by atoms with E-state index in [9.17, 15) is 4.79 Å². The number of thioether (sulfide) groups is 1. The van der Waals surface area contributed by atoms with Crippen LogP contribution in [-0.4, -0.2) is 31.4 Å². The minimum Gasteiger partial charge on any atom is -0.301 e. The molecule has 1 N–H and O–H groups in total. The highest BCUT2D eigenvalue weighted by atomic mass is 35.5. The van der Waals surface area contributed by atoms with Crippen molar-refractivity contribution in [3.63, 3.8) is 0 Å². The SMILES string of the molecule is C=CCn1c(SCC(=O)Nc2nc(-c3ccc(C)cc3)cs2)nnc1-c1ccc(Cl)cc1. The number of hydrogen-bond donors (Lipinski definition) is 1. The van der Waals surface area contributed by atoms with Crippen LogP contribution in [0.3, 0.4) is 0 Å². The highest BCUT2D eigenvalue weighted by Crippen LogP contribution is 2.27. The molecule has 6 nitrogen and oxygen atoms in total. The molecule has 0 saturated heterocycles. The Kier molecular flexibility index (Phi) is 7.04. The lowest BCUT2D eigenvalue weighted by Crippen LogP contribution is -2.14. The Morgan fingerprint density at radius 1 is 1.16 bits per heavy atom. The number of rotatable bonds is 8. The molecule has 2 aromatic heterocycles. The molecule has 0 atom stereocenters. The van der Waals surface area contributed by atoms with Gasteiger partial charge in [-0.25, -0.2) is 4.98 Å². The molecule has 4 aromatic rings. The fourth-order valence-electron chi connectivity index (χ4n) is 2.98. The Bertz CT molecular complexity index is 1230. The Labute approximate surface area is 199 Å². The van der Waals surface area contributed by atoms with Crippen LogP contribution in [-0.2, 0) is 11.3 Å². The summed E-state index contributed by atoms with van der Waals surface area (Å²) in [5, 5.41) is 15.2. The molecule has 162 valence electrons. The first-order valence-corrected chi connectivity index (χ1v) is 12.0. The van der Waals surface area contributed by atoms with Crippen LogP contribution in [0.4, 0.5) is 5.13 Å². The van der Waals surface area contributed by atoms with Crippen LogP contribution in [0.15, 0.2) is 71.7 Å². The van der Waals surface area contributed by atoms with E-state index in [1.165, 1.54) is 28.7 Å². The van der Waals surface area contributed by atoms with Gasteiger partial charge in [0.05, 0.1) is 11.4 Å². The third kappa shape index (κ3) is 5.27. The van der Waals surface area contributed by atoms with Crippen molar-refractivity contribution in [2.75, 3.05) is 11.1 Å². The molecule has 0 aliphatic heterocycles. The Hall–Kier alpha value is -2.94. The van der Waals surface area contributed by atoms with Crippen molar-refractivity contribution in [2.45, 2.75) is 18.6 Å². The smallest absolute Gasteiger partial charge is 0.236 e. The van der Waals surface area contributed by atoms with E-state index in [4.69, 9.17) is 11.6 Å². The highest BCUT2D eigenvalue weighted by molar-refractivity contribution is 7.99. The van der Waals surface area contributed by atoms with Crippen LogP contribution in [0.1, 0.15) is 5.56 Å². The zero-order chi connectivity index (χ0) is 22.5. The second-order valence-corrected chi connectivity index (χ2v) is 9.19. The van der Waals surface area contributed by atoms with Gasteiger partial charge in [0.1, 0.15) is 0 Å². The first kappa shape index (κ1) is 22.3. The number of amides is 1. The molecule has 0 bridgehead atoms. The van der Waals surface area contributed by atoms with Crippen LogP contribution in [0, 0.1) is 6.92 Å². The van der Waals surface area contributed by atoms with Crippen molar-refractivity contribution in [1.82, 2.24) is 19.7 Å². The second-order valence-electron chi connectivity index (χ2n) is 6.95. The third-order valence-electron chi connectivity index (χ3n) is 4.56. The Balaban J connectivity index is 1.41. The van der Waals surface area contributed by atoms with Gasteiger partial charge < -0.3 is 5.32 Å². The predicted octanol–water partition coefficient (Wildman–Crippen LogP) is 5.95. The maximum atomic E-state index is 12.5. The van der Waals surface area contributed by atoms with Crippen molar-refractivity contribution in [3.05, 3.63) is 77.2 Å². The molecule has 1 amide bonds. The van der Waals surface area contributed by atoms with Gasteiger partial charge in [-0.05, 0) is 31.2 Å². The summed E-state index contributed by atoms with van der Waals surface area (Å²) in [7, 11) is 0. The van der Waals surface area contributed by atoms with Gasteiger partial charge in [0.25, 0.3) is 0 Å². The van der Waals surface area contributed by atoms with Gasteiger partial charge in [-0.3, -0.25) is 9.36 Å². The predicted molar refractivity (Wildman–Crippen MR) is 132 cm³/mol. The maximum Gasteiger partial charge on any atom is 0.236 e. The van der Waals surface area contributed by atoms with Crippen molar-refractivity contribution in [1.29, 1.82) is 0 Å². The quantitative estimate of drug-likeness (QED) is 0.249. The molecule has 0 aliphatic carbocycles. The van der Waals surface area contributed by atoms with Crippen LogP contribution in [0.5, 0.6) is 0 Å². The standard InChI is InChI=1S/C23H20ClN5OS2/c1-3-12-29-21(17-8-10-18(24)11-9-17)27-28-23(29)32-14-20(30)26-22-25-19(13-31-22)16-6-4-15(2)5-7-16/h3-11,13H,1,12,14H2,2H3,(H,25,26,30). The molecule has 0 aliphatic rings. The molecule has 0 saturated carbocycles. The minimum atomic E-state index is -0.152. The van der Waals surface area contributed by atoms with Crippen molar-refractivity contribution in [2.24, 2.45) is 0 Å².